The van der Waals surface area contributed by atoms with Crippen molar-refractivity contribution >= 4 is 12.0 Å². The highest BCUT2D eigenvalue weighted by Gasteiger charge is 2.32. The molecule has 1 saturated heterocycles. The molecule has 2 aromatic rings. The van der Waals surface area contributed by atoms with Gasteiger partial charge in [0, 0.05) is 25.5 Å². The Morgan fingerprint density at radius 3 is 2.62 bits per heavy atom. The van der Waals surface area contributed by atoms with E-state index in [1.165, 1.54) is 0 Å². The van der Waals surface area contributed by atoms with E-state index >= 15 is 0 Å². The van der Waals surface area contributed by atoms with E-state index in [2.05, 4.69) is 15.3 Å². The number of likely N-dealkylation sites (tertiary alicyclic amines) is 1. The first-order valence-corrected chi connectivity index (χ1v) is 6.80. The van der Waals surface area contributed by atoms with Crippen LogP contribution in [-0.4, -0.2) is 40.1 Å². The highest BCUT2D eigenvalue weighted by atomic mass is 16.6. The van der Waals surface area contributed by atoms with Crippen molar-refractivity contribution in [3.05, 3.63) is 54.4 Å². The molecule has 2 heterocycles. The first-order chi connectivity index (χ1) is 10.3. The van der Waals surface area contributed by atoms with Crippen LogP contribution in [0.5, 0.6) is 0 Å². The Morgan fingerprint density at radius 1 is 1.19 bits per heavy atom. The second kappa shape index (κ2) is 6.21. The van der Waals surface area contributed by atoms with Gasteiger partial charge in [-0.2, -0.15) is 0 Å². The number of ether oxygens (including phenoxy) is 1. The summed E-state index contributed by atoms with van der Waals surface area (Å²) in [6, 6.07) is 11.6. The van der Waals surface area contributed by atoms with Crippen molar-refractivity contribution < 1.29 is 9.53 Å². The van der Waals surface area contributed by atoms with Crippen molar-refractivity contribution in [3.8, 4) is 0 Å². The molecule has 3 rings (SSSR count). The first kappa shape index (κ1) is 13.4. The molecule has 0 unspecified atom stereocenters. The maximum Gasteiger partial charge on any atom is 0.410 e. The van der Waals surface area contributed by atoms with Gasteiger partial charge < -0.3 is 15.0 Å². The Labute approximate surface area is 122 Å². The Morgan fingerprint density at radius 2 is 1.90 bits per heavy atom. The van der Waals surface area contributed by atoms with Crippen LogP contribution in [0, 0.1) is 0 Å². The molecule has 0 spiro atoms. The van der Waals surface area contributed by atoms with Crippen molar-refractivity contribution in [1.82, 2.24) is 14.9 Å². The average molecular weight is 284 g/mol. The van der Waals surface area contributed by atoms with Gasteiger partial charge in [0.1, 0.15) is 6.61 Å². The van der Waals surface area contributed by atoms with Gasteiger partial charge in [0.15, 0.2) is 0 Å². The summed E-state index contributed by atoms with van der Waals surface area (Å²) in [6.45, 7) is 1.51. The van der Waals surface area contributed by atoms with Crippen molar-refractivity contribution in [2.24, 2.45) is 0 Å². The average Bonchev–Trinajstić information content (AvgIpc) is 2.50. The number of anilines is 1. The van der Waals surface area contributed by atoms with E-state index in [0.29, 0.717) is 25.6 Å². The monoisotopic (exact) mass is 284 g/mol. The summed E-state index contributed by atoms with van der Waals surface area (Å²) < 4.78 is 5.26. The van der Waals surface area contributed by atoms with Crippen LogP contribution in [0.4, 0.5) is 10.7 Å². The first-order valence-electron chi connectivity index (χ1n) is 6.80. The van der Waals surface area contributed by atoms with Crippen molar-refractivity contribution in [1.29, 1.82) is 0 Å². The quantitative estimate of drug-likeness (QED) is 0.929. The van der Waals surface area contributed by atoms with E-state index in [1.54, 1.807) is 23.4 Å². The number of nitrogens with one attached hydrogen (secondary N) is 1. The summed E-state index contributed by atoms with van der Waals surface area (Å²) in [5.41, 5.74) is 0.985. The third-order valence-electron chi connectivity index (χ3n) is 3.24. The summed E-state index contributed by atoms with van der Waals surface area (Å²) in [6.07, 6.45) is 3.07. The zero-order valence-corrected chi connectivity index (χ0v) is 11.5. The molecule has 0 atom stereocenters. The minimum Gasteiger partial charge on any atom is -0.445 e. The van der Waals surface area contributed by atoms with Crippen LogP contribution in [0.2, 0.25) is 0 Å². The van der Waals surface area contributed by atoms with Crippen LogP contribution in [0.15, 0.2) is 48.8 Å². The van der Waals surface area contributed by atoms with E-state index in [9.17, 15) is 4.79 Å². The second-order valence-corrected chi connectivity index (χ2v) is 4.86. The third-order valence-corrected chi connectivity index (χ3v) is 3.24. The van der Waals surface area contributed by atoms with E-state index < -0.39 is 0 Å². The Balaban J connectivity index is 1.40. The molecule has 1 amide bonds. The minimum absolute atomic E-state index is 0.177. The normalized spacial score (nSPS) is 14.4. The number of nitrogens with zero attached hydrogens (tertiary/aromatic N) is 3. The molecule has 1 N–H and O–H groups in total. The molecular formula is C15H16N4O2. The van der Waals surface area contributed by atoms with Gasteiger partial charge in [-0.05, 0) is 11.6 Å². The summed E-state index contributed by atoms with van der Waals surface area (Å²) in [5.74, 6) is 0.583. The smallest absolute Gasteiger partial charge is 0.410 e. The summed E-state index contributed by atoms with van der Waals surface area (Å²) in [7, 11) is 0. The van der Waals surface area contributed by atoms with Gasteiger partial charge in [-0.1, -0.05) is 30.3 Å². The Kier molecular flexibility index (Phi) is 3.95. The maximum atomic E-state index is 11.8. The largest absolute Gasteiger partial charge is 0.445 e. The number of carbonyl (C=O) groups is 1. The zero-order chi connectivity index (χ0) is 14.5. The lowest BCUT2D eigenvalue weighted by molar-refractivity contribution is 0.0704. The molecule has 6 heteroatoms. The summed E-state index contributed by atoms with van der Waals surface area (Å²) in [4.78, 5) is 21.7. The molecule has 0 aliphatic carbocycles. The lowest BCUT2D eigenvalue weighted by atomic mass is 10.1. The van der Waals surface area contributed by atoms with E-state index in [4.69, 9.17) is 4.74 Å². The number of carbonyl (C=O) groups excluding carboxylic acids is 1. The van der Waals surface area contributed by atoms with Gasteiger partial charge in [-0.25, -0.2) is 14.8 Å². The third kappa shape index (κ3) is 3.47. The van der Waals surface area contributed by atoms with Crippen LogP contribution in [0.3, 0.4) is 0 Å². The van der Waals surface area contributed by atoms with Crippen LogP contribution < -0.4 is 5.32 Å². The van der Waals surface area contributed by atoms with Gasteiger partial charge in [0.05, 0.1) is 6.04 Å². The molecule has 1 aliphatic heterocycles. The standard InChI is InChI=1S/C15H16N4O2/c20-15(21-11-12-5-2-1-3-6-12)19-9-13(10-19)18-14-16-7-4-8-17-14/h1-8,13H,9-11H2,(H,16,17,18). The van der Waals surface area contributed by atoms with Gasteiger partial charge in [0.2, 0.25) is 5.95 Å². The fourth-order valence-corrected chi connectivity index (χ4v) is 2.09. The molecule has 21 heavy (non-hydrogen) atoms. The van der Waals surface area contributed by atoms with Crippen LogP contribution in [-0.2, 0) is 11.3 Å². The van der Waals surface area contributed by atoms with E-state index in [-0.39, 0.29) is 12.1 Å². The van der Waals surface area contributed by atoms with Crippen molar-refractivity contribution in [3.63, 3.8) is 0 Å². The fraction of sp³-hybridized carbons (Fsp3) is 0.267. The predicted molar refractivity (Wildman–Crippen MR) is 77.6 cm³/mol. The highest BCUT2D eigenvalue weighted by molar-refractivity contribution is 5.69. The topological polar surface area (TPSA) is 67.3 Å². The van der Waals surface area contributed by atoms with Gasteiger partial charge in [0.25, 0.3) is 0 Å². The van der Waals surface area contributed by atoms with Crippen molar-refractivity contribution in [2.45, 2.75) is 12.6 Å². The molecule has 1 aromatic carbocycles. The number of hydrogen-bond acceptors (Lipinski definition) is 5. The van der Waals surface area contributed by atoms with Gasteiger partial charge in [-0.15, -0.1) is 0 Å². The molecule has 108 valence electrons. The molecule has 0 radical (unpaired) electrons. The second-order valence-electron chi connectivity index (χ2n) is 4.86. The van der Waals surface area contributed by atoms with E-state index in [0.717, 1.165) is 5.56 Å². The van der Waals surface area contributed by atoms with Crippen LogP contribution >= 0.6 is 0 Å². The predicted octanol–water partition coefficient (Wildman–Crippen LogP) is 1.91. The van der Waals surface area contributed by atoms with Gasteiger partial charge >= 0.3 is 6.09 Å². The molecule has 0 saturated carbocycles. The molecule has 1 fully saturated rings. The Hall–Kier alpha value is -2.63. The van der Waals surface area contributed by atoms with E-state index in [1.807, 2.05) is 30.3 Å². The number of benzene rings is 1. The molecule has 6 nitrogen and oxygen atoms in total. The Bertz CT molecular complexity index is 585. The number of rotatable bonds is 4. The minimum atomic E-state index is -0.286. The molecule has 0 bridgehead atoms. The fourth-order valence-electron chi connectivity index (χ4n) is 2.09. The lowest BCUT2D eigenvalue weighted by Crippen LogP contribution is -2.57. The molecular weight excluding hydrogens is 268 g/mol. The molecule has 1 aliphatic rings. The maximum absolute atomic E-state index is 11.8. The number of amides is 1. The van der Waals surface area contributed by atoms with Crippen LogP contribution in [0.1, 0.15) is 5.56 Å². The van der Waals surface area contributed by atoms with Crippen LogP contribution in [0.25, 0.3) is 0 Å². The summed E-state index contributed by atoms with van der Waals surface area (Å²) in [5, 5.41) is 3.17. The SMILES string of the molecule is O=C(OCc1ccccc1)N1CC(Nc2ncccn2)C1. The van der Waals surface area contributed by atoms with Crippen molar-refractivity contribution in [2.75, 3.05) is 18.4 Å². The lowest BCUT2D eigenvalue weighted by Gasteiger charge is -2.38. The zero-order valence-electron chi connectivity index (χ0n) is 11.5. The number of hydrogen-bond donors (Lipinski definition) is 1. The highest BCUT2D eigenvalue weighted by Crippen LogP contribution is 2.14. The number of aromatic nitrogens is 2. The van der Waals surface area contributed by atoms with Gasteiger partial charge in [-0.3, -0.25) is 0 Å². The summed E-state index contributed by atoms with van der Waals surface area (Å²) >= 11 is 0. The molecule has 1 aromatic heterocycles.